The Morgan fingerprint density at radius 2 is 1.53 bits per heavy atom. The third-order valence-corrected chi connectivity index (χ3v) is 13.0. The number of aliphatic hydroxyl groups excluding tert-OH is 5. The molecule has 2 aliphatic carbocycles. The molecule has 3 heterocycles. The molecule has 0 bridgehead atoms. The van der Waals surface area contributed by atoms with E-state index in [1.165, 1.54) is 13.8 Å². The number of carbonyl (C=O) groups excluding carboxylic acids is 4. The zero-order chi connectivity index (χ0) is 45.1. The first kappa shape index (κ1) is 50.0. The van der Waals surface area contributed by atoms with Crippen molar-refractivity contribution in [1.29, 1.82) is 0 Å². The van der Waals surface area contributed by atoms with Crippen molar-refractivity contribution in [2.45, 2.75) is 184 Å². The van der Waals surface area contributed by atoms with Gasteiger partial charge < -0.3 is 75.2 Å². The molecule has 354 valence electrons. The average molecular weight is 887 g/mol. The number of rotatable bonds is 20. The highest BCUT2D eigenvalue weighted by Gasteiger charge is 2.53. The summed E-state index contributed by atoms with van der Waals surface area (Å²) in [7, 11) is 0. The third kappa shape index (κ3) is 13.3. The fraction of sp³-hybridized carbons (Fsp3) is 0.881. The van der Waals surface area contributed by atoms with Crippen LogP contribution in [0, 0.1) is 17.8 Å². The summed E-state index contributed by atoms with van der Waals surface area (Å²) in [5.74, 6) is -3.37. The van der Waals surface area contributed by atoms with Crippen LogP contribution in [0.2, 0.25) is 0 Å². The van der Waals surface area contributed by atoms with E-state index in [1.807, 2.05) is 6.92 Å². The predicted molar refractivity (Wildman–Crippen MR) is 217 cm³/mol. The van der Waals surface area contributed by atoms with Gasteiger partial charge in [0.2, 0.25) is 17.7 Å². The number of carboxylic acid groups (broad SMARTS) is 1. The topological polar surface area (TPSA) is 292 Å². The molecule has 20 heteroatoms. The Balaban J connectivity index is 1.40. The Labute approximate surface area is 362 Å². The molecule has 2 saturated carbocycles. The molecule has 0 spiro atoms. The molecule has 5 fully saturated rings. The number of amides is 4. The molecule has 15 atom stereocenters. The molecule has 0 aromatic carbocycles. The van der Waals surface area contributed by atoms with E-state index in [4.69, 9.17) is 28.8 Å². The highest BCUT2D eigenvalue weighted by molar-refractivity contribution is 5.82. The van der Waals surface area contributed by atoms with Crippen LogP contribution in [0.15, 0.2) is 0 Å². The van der Waals surface area contributed by atoms with Crippen molar-refractivity contribution >= 4 is 29.6 Å². The number of nitrogens with zero attached hydrogens (tertiary/aromatic N) is 1. The van der Waals surface area contributed by atoms with E-state index < -0.39 is 110 Å². The molecule has 20 nitrogen and oxygen atoms in total. The van der Waals surface area contributed by atoms with E-state index in [1.54, 1.807) is 4.90 Å². The summed E-state index contributed by atoms with van der Waals surface area (Å²) < 4.78 is 31.8. The minimum Gasteiger partial charge on any atom is -0.481 e. The Bertz CT molecular complexity index is 1480. The zero-order valence-electron chi connectivity index (χ0n) is 36.2. The van der Waals surface area contributed by atoms with E-state index in [0.717, 1.165) is 38.5 Å². The second kappa shape index (κ2) is 23.8. The normalized spacial score (nSPS) is 35.9. The van der Waals surface area contributed by atoms with E-state index in [0.29, 0.717) is 25.9 Å². The van der Waals surface area contributed by atoms with Crippen LogP contribution in [0.3, 0.4) is 0 Å². The zero-order valence-corrected chi connectivity index (χ0v) is 36.2. The van der Waals surface area contributed by atoms with Gasteiger partial charge in [0.15, 0.2) is 12.6 Å². The largest absolute Gasteiger partial charge is 0.481 e. The van der Waals surface area contributed by atoms with Crippen LogP contribution in [-0.2, 0) is 47.7 Å². The first-order valence-electron chi connectivity index (χ1n) is 22.5. The second-order valence-electron chi connectivity index (χ2n) is 17.6. The summed E-state index contributed by atoms with van der Waals surface area (Å²) >= 11 is 0. The van der Waals surface area contributed by atoms with Crippen molar-refractivity contribution in [3.8, 4) is 0 Å². The summed E-state index contributed by atoms with van der Waals surface area (Å²) in [4.78, 5) is 65.2. The minimum absolute atomic E-state index is 0.000363. The van der Waals surface area contributed by atoms with Crippen molar-refractivity contribution in [3.63, 3.8) is 0 Å². The van der Waals surface area contributed by atoms with Gasteiger partial charge in [0.1, 0.15) is 48.8 Å². The highest BCUT2D eigenvalue weighted by Crippen LogP contribution is 2.40. The Morgan fingerprint density at radius 3 is 2.16 bits per heavy atom. The Kier molecular flexibility index (Phi) is 19.1. The summed E-state index contributed by atoms with van der Waals surface area (Å²) in [5, 5.41) is 71.3. The summed E-state index contributed by atoms with van der Waals surface area (Å²) in [6.45, 7) is 5.31. The van der Waals surface area contributed by atoms with Gasteiger partial charge in [-0.1, -0.05) is 45.4 Å². The van der Waals surface area contributed by atoms with Crippen LogP contribution in [0.1, 0.15) is 104 Å². The first-order chi connectivity index (χ1) is 29.6. The number of nitrogens with one attached hydrogen (secondary N) is 3. The van der Waals surface area contributed by atoms with Gasteiger partial charge in [0, 0.05) is 51.9 Å². The molecular formula is C42H70N4O16. The minimum atomic E-state index is -1.66. The molecule has 0 aromatic heterocycles. The first-order valence-corrected chi connectivity index (χ1v) is 22.5. The lowest BCUT2D eigenvalue weighted by molar-refractivity contribution is -0.338. The monoisotopic (exact) mass is 886 g/mol. The van der Waals surface area contributed by atoms with Crippen molar-refractivity contribution in [1.82, 2.24) is 20.9 Å². The van der Waals surface area contributed by atoms with Gasteiger partial charge in [-0.25, -0.2) is 0 Å². The summed E-state index contributed by atoms with van der Waals surface area (Å²) in [6, 6.07) is -1.23. The van der Waals surface area contributed by atoms with Crippen molar-refractivity contribution < 1.29 is 78.3 Å². The molecule has 9 N–H and O–H groups in total. The van der Waals surface area contributed by atoms with E-state index in [9.17, 15) is 49.5 Å². The summed E-state index contributed by atoms with van der Waals surface area (Å²) in [6.07, 6.45) is -8.39. The average Bonchev–Trinajstić information content (AvgIpc) is 3.22. The number of carbonyl (C=O) groups is 5. The molecule has 3 aliphatic heterocycles. The lowest BCUT2D eigenvalue weighted by Gasteiger charge is -2.49. The predicted octanol–water partition coefficient (Wildman–Crippen LogP) is -0.953. The lowest BCUT2D eigenvalue weighted by atomic mass is 9.75. The number of carboxylic acids is 1. The van der Waals surface area contributed by atoms with Gasteiger partial charge in [-0.15, -0.1) is 0 Å². The van der Waals surface area contributed by atoms with Crippen molar-refractivity contribution in [3.05, 3.63) is 0 Å². The van der Waals surface area contributed by atoms with E-state index in [2.05, 4.69) is 16.0 Å². The lowest BCUT2D eigenvalue weighted by Crippen LogP contribution is -2.67. The Hall–Kier alpha value is -3.05. The fourth-order valence-corrected chi connectivity index (χ4v) is 9.34. The number of hydrogen-bond donors (Lipinski definition) is 9. The number of hydrogen-bond acceptors (Lipinski definition) is 15. The highest BCUT2D eigenvalue weighted by atomic mass is 16.7. The standard InChI is InChI=1S/C42H70N4O16/c1-4-25-19-26(39(56)44-15-14-43-30(49)12-8-13-31(50)51)20-27(37(25)62-42-36(55)35(54)33(52)22(2)58-42)60-41-32(45-23(3)48)38(34(53)29(21-47)61-41)59-28(40(57)46-16-9-17-46)18-24-10-6-5-7-11-24/h22,24-29,32-38,41-42,47,52-55H,4-21H2,1-3H3,(H,43,49)(H,44,56)(H,45,48)(H,50,51)/t22?,25?,26?,27-,28+,29?,32?,33-,34+,35?,36?,37?,38?,41-,42+/m1/s1. The Morgan fingerprint density at radius 1 is 0.823 bits per heavy atom. The number of likely N-dealkylation sites (tertiary alicyclic amines) is 1. The maximum absolute atomic E-state index is 13.9. The molecule has 5 rings (SSSR count). The van der Waals surface area contributed by atoms with Crippen LogP contribution in [0.4, 0.5) is 0 Å². The molecular weight excluding hydrogens is 816 g/mol. The second-order valence-corrected chi connectivity index (χ2v) is 17.6. The maximum Gasteiger partial charge on any atom is 0.303 e. The van der Waals surface area contributed by atoms with Crippen LogP contribution >= 0.6 is 0 Å². The van der Waals surface area contributed by atoms with Crippen LogP contribution < -0.4 is 16.0 Å². The van der Waals surface area contributed by atoms with Crippen molar-refractivity contribution in [2.24, 2.45) is 17.8 Å². The van der Waals surface area contributed by atoms with Gasteiger partial charge in [0.25, 0.3) is 5.91 Å². The fourth-order valence-electron chi connectivity index (χ4n) is 9.34. The van der Waals surface area contributed by atoms with E-state index in [-0.39, 0.29) is 68.8 Å². The number of aliphatic carboxylic acids is 1. The van der Waals surface area contributed by atoms with E-state index >= 15 is 0 Å². The van der Waals surface area contributed by atoms with Crippen molar-refractivity contribution in [2.75, 3.05) is 32.8 Å². The molecule has 0 aromatic rings. The van der Waals surface area contributed by atoms with Crippen LogP contribution in [0.5, 0.6) is 0 Å². The maximum atomic E-state index is 13.9. The smallest absolute Gasteiger partial charge is 0.303 e. The molecule has 0 radical (unpaired) electrons. The number of ether oxygens (including phenoxy) is 5. The van der Waals surface area contributed by atoms with Crippen LogP contribution in [0.25, 0.3) is 0 Å². The number of aliphatic hydroxyl groups is 5. The molecule has 62 heavy (non-hydrogen) atoms. The van der Waals surface area contributed by atoms with Gasteiger partial charge in [-0.3, -0.25) is 24.0 Å². The summed E-state index contributed by atoms with van der Waals surface area (Å²) in [5.41, 5.74) is 0. The van der Waals surface area contributed by atoms with Gasteiger partial charge in [-0.2, -0.15) is 0 Å². The molecule has 9 unspecified atom stereocenters. The van der Waals surface area contributed by atoms with Gasteiger partial charge in [-0.05, 0) is 50.9 Å². The molecule has 5 aliphatic rings. The molecule has 4 amide bonds. The molecule has 3 saturated heterocycles. The van der Waals surface area contributed by atoms with Gasteiger partial charge >= 0.3 is 5.97 Å². The quantitative estimate of drug-likeness (QED) is 0.0666. The van der Waals surface area contributed by atoms with Gasteiger partial charge in [0.05, 0.1) is 24.9 Å². The SMILES string of the molecule is CCC1CC(C(=O)NCCNC(=O)CCCC(=O)O)C[C@@H](O[C@@H]2OC(CO)[C@H](O)C(O[C@@H](CC3CCCCC3)C(=O)N3CCC3)C2NC(C)=O)C1O[C@@H]1OC(C)[C@@H](O)C(O)C1O. The van der Waals surface area contributed by atoms with Crippen LogP contribution in [-0.4, -0.2) is 178 Å². The third-order valence-electron chi connectivity index (χ3n) is 13.0.